The van der Waals surface area contributed by atoms with Crippen molar-refractivity contribution in [3.63, 3.8) is 0 Å². The number of hydrogen-bond acceptors (Lipinski definition) is 7. The van der Waals surface area contributed by atoms with Crippen LogP contribution in [0.4, 0.5) is 5.69 Å². The number of ether oxygens (including phenoxy) is 4. The molecule has 4 atom stereocenters. The maximum atomic E-state index is 14.2. The number of allylic oxidation sites excluding steroid dienone is 1. The normalized spacial score (nSPS) is 24.0. The Balaban J connectivity index is 1.32. The lowest BCUT2D eigenvalue weighted by atomic mass is 9.64. The number of methoxy groups -OCH3 is 1. The van der Waals surface area contributed by atoms with Gasteiger partial charge in [-0.3, -0.25) is 14.4 Å². The number of imide groups is 1. The van der Waals surface area contributed by atoms with Gasteiger partial charge in [0.2, 0.25) is 18.6 Å². The molecule has 1 saturated heterocycles. The number of carbonyl (C=O) groups excluding carboxylic acids is 3. The summed E-state index contributed by atoms with van der Waals surface area (Å²) in [6.07, 6.45) is 1.97. The van der Waals surface area contributed by atoms with E-state index in [4.69, 9.17) is 18.9 Å². The summed E-state index contributed by atoms with van der Waals surface area (Å²) in [4.78, 5) is 43.3. The third kappa shape index (κ3) is 3.37. The first-order chi connectivity index (χ1) is 20.0. The Labute approximate surface area is 234 Å². The average molecular weight is 546 g/mol. The fourth-order valence-corrected chi connectivity index (χ4v) is 6.72. The summed E-state index contributed by atoms with van der Waals surface area (Å²) in [7, 11) is 1.55. The molecule has 0 radical (unpaired) electrons. The summed E-state index contributed by atoms with van der Waals surface area (Å²) in [6, 6.07) is 23.9. The zero-order valence-corrected chi connectivity index (χ0v) is 21.9. The highest BCUT2D eigenvalue weighted by Gasteiger charge is 2.60. The fraction of sp³-hybridized carbons (Fsp3) is 0.182. The number of benzene rings is 4. The SMILES string of the molecule is COc1ccc(N2C(=O)[C@@H]3[C@@H]4C(=O)Oc5c(ccc6ccccc56)C4=C[C@@H](c4ccc5c(c4)OCO5)[C@@H]3C2=O)cc1. The van der Waals surface area contributed by atoms with Crippen molar-refractivity contribution < 1.29 is 33.3 Å². The summed E-state index contributed by atoms with van der Waals surface area (Å²) < 4.78 is 22.4. The standard InChI is InChI=1S/C33H23NO7/c1-38-20-10-8-19(9-11-20)34-31(35)27-23(18-7-13-25-26(14-18)40-16-39-25)15-24-22-12-6-17-4-2-3-5-21(17)30(22)41-33(37)28(24)29(27)32(34)36/h2-15,23,27-29H,16H2,1H3/t23-,27-,28+,29-/m0/s1. The molecular formula is C33H23NO7. The van der Waals surface area contributed by atoms with Gasteiger partial charge in [-0.2, -0.15) is 0 Å². The van der Waals surface area contributed by atoms with Crippen LogP contribution >= 0.6 is 0 Å². The molecule has 0 aromatic heterocycles. The van der Waals surface area contributed by atoms with Gasteiger partial charge in [0.25, 0.3) is 0 Å². The molecule has 8 rings (SSSR count). The first kappa shape index (κ1) is 23.7. The van der Waals surface area contributed by atoms with E-state index in [1.807, 2.05) is 60.7 Å². The number of carbonyl (C=O) groups is 3. The van der Waals surface area contributed by atoms with Crippen molar-refractivity contribution in [3.05, 3.63) is 96.1 Å². The number of rotatable bonds is 3. The quantitative estimate of drug-likeness (QED) is 0.201. The summed E-state index contributed by atoms with van der Waals surface area (Å²) in [5.74, 6) is -2.19. The van der Waals surface area contributed by atoms with Crippen LogP contribution in [0.2, 0.25) is 0 Å². The van der Waals surface area contributed by atoms with E-state index in [2.05, 4.69) is 0 Å². The first-order valence-corrected chi connectivity index (χ1v) is 13.4. The Morgan fingerprint density at radius 3 is 2.44 bits per heavy atom. The third-order valence-corrected chi connectivity index (χ3v) is 8.60. The second-order valence-corrected chi connectivity index (χ2v) is 10.6. The number of hydrogen-bond donors (Lipinski definition) is 0. The maximum absolute atomic E-state index is 14.2. The van der Waals surface area contributed by atoms with E-state index in [1.165, 1.54) is 4.90 Å². The van der Waals surface area contributed by atoms with Crippen LogP contribution in [0.15, 0.2) is 84.9 Å². The molecule has 202 valence electrons. The van der Waals surface area contributed by atoms with E-state index < -0.39 is 35.5 Å². The van der Waals surface area contributed by atoms with Crippen LogP contribution in [0, 0.1) is 17.8 Å². The van der Waals surface area contributed by atoms with Crippen molar-refractivity contribution in [2.75, 3.05) is 18.8 Å². The molecule has 1 fully saturated rings. The van der Waals surface area contributed by atoms with Crippen LogP contribution in [-0.2, 0) is 14.4 Å². The van der Waals surface area contributed by atoms with E-state index in [0.29, 0.717) is 34.3 Å². The fourth-order valence-electron chi connectivity index (χ4n) is 6.72. The summed E-state index contributed by atoms with van der Waals surface area (Å²) >= 11 is 0. The van der Waals surface area contributed by atoms with Gasteiger partial charge in [-0.1, -0.05) is 48.5 Å². The van der Waals surface area contributed by atoms with Gasteiger partial charge in [0.15, 0.2) is 11.5 Å². The molecule has 0 bridgehead atoms. The molecule has 41 heavy (non-hydrogen) atoms. The van der Waals surface area contributed by atoms with Crippen LogP contribution < -0.4 is 23.8 Å². The predicted octanol–water partition coefficient (Wildman–Crippen LogP) is 5.10. The number of amides is 2. The molecule has 0 saturated carbocycles. The van der Waals surface area contributed by atoms with Crippen molar-refractivity contribution in [2.45, 2.75) is 5.92 Å². The smallest absolute Gasteiger partial charge is 0.319 e. The molecule has 8 nitrogen and oxygen atoms in total. The Hall–Kier alpha value is -5.11. The monoisotopic (exact) mass is 545 g/mol. The second kappa shape index (κ2) is 8.69. The zero-order chi connectivity index (χ0) is 27.8. The third-order valence-electron chi connectivity index (χ3n) is 8.60. The van der Waals surface area contributed by atoms with Crippen molar-refractivity contribution in [3.8, 4) is 23.0 Å². The molecule has 3 aliphatic heterocycles. The van der Waals surface area contributed by atoms with Crippen LogP contribution in [0.5, 0.6) is 23.0 Å². The minimum Gasteiger partial charge on any atom is -0.497 e. The van der Waals surface area contributed by atoms with E-state index in [9.17, 15) is 14.4 Å². The maximum Gasteiger partial charge on any atom is 0.319 e. The van der Waals surface area contributed by atoms with Gasteiger partial charge < -0.3 is 18.9 Å². The van der Waals surface area contributed by atoms with Gasteiger partial charge in [0.05, 0.1) is 30.6 Å². The Morgan fingerprint density at radius 2 is 1.61 bits per heavy atom. The Morgan fingerprint density at radius 1 is 0.829 bits per heavy atom. The highest BCUT2D eigenvalue weighted by atomic mass is 16.7. The predicted molar refractivity (Wildman–Crippen MR) is 149 cm³/mol. The minimum absolute atomic E-state index is 0.119. The topological polar surface area (TPSA) is 91.4 Å². The van der Waals surface area contributed by atoms with Crippen molar-refractivity contribution in [2.24, 2.45) is 17.8 Å². The van der Waals surface area contributed by atoms with E-state index >= 15 is 0 Å². The van der Waals surface area contributed by atoms with Crippen LogP contribution in [0.1, 0.15) is 17.0 Å². The summed E-state index contributed by atoms with van der Waals surface area (Å²) in [6.45, 7) is 0.119. The van der Waals surface area contributed by atoms with Crippen LogP contribution in [-0.4, -0.2) is 31.7 Å². The summed E-state index contributed by atoms with van der Waals surface area (Å²) in [5, 5.41) is 1.75. The molecule has 4 aromatic rings. The Kier molecular flexibility index (Phi) is 5.04. The molecule has 0 spiro atoms. The van der Waals surface area contributed by atoms with Gasteiger partial charge in [-0.25, -0.2) is 4.90 Å². The zero-order valence-electron chi connectivity index (χ0n) is 21.9. The van der Waals surface area contributed by atoms with E-state index in [-0.39, 0.29) is 12.7 Å². The highest BCUT2D eigenvalue weighted by molar-refractivity contribution is 6.24. The lowest BCUT2D eigenvalue weighted by molar-refractivity contribution is -0.142. The van der Waals surface area contributed by atoms with E-state index in [1.54, 1.807) is 31.4 Å². The van der Waals surface area contributed by atoms with Gasteiger partial charge in [-0.05, 0) is 52.9 Å². The van der Waals surface area contributed by atoms with Crippen molar-refractivity contribution >= 4 is 39.8 Å². The van der Waals surface area contributed by atoms with E-state index in [0.717, 1.165) is 21.9 Å². The molecule has 0 N–H and O–H groups in total. The number of esters is 1. The lowest BCUT2D eigenvalue weighted by Crippen LogP contribution is -2.42. The molecule has 3 heterocycles. The lowest BCUT2D eigenvalue weighted by Gasteiger charge is -2.38. The van der Waals surface area contributed by atoms with Gasteiger partial charge in [-0.15, -0.1) is 0 Å². The number of nitrogens with zero attached hydrogens (tertiary/aromatic N) is 1. The van der Waals surface area contributed by atoms with Gasteiger partial charge in [0.1, 0.15) is 11.5 Å². The molecule has 8 heteroatoms. The molecule has 0 unspecified atom stereocenters. The van der Waals surface area contributed by atoms with Crippen molar-refractivity contribution in [1.29, 1.82) is 0 Å². The average Bonchev–Trinajstić information content (AvgIpc) is 3.58. The van der Waals surface area contributed by atoms with Gasteiger partial charge >= 0.3 is 5.97 Å². The molecule has 2 amide bonds. The molecule has 4 aromatic carbocycles. The molecule has 4 aliphatic rings. The van der Waals surface area contributed by atoms with Crippen LogP contribution in [0.3, 0.4) is 0 Å². The number of fused-ring (bicyclic) bond motifs is 8. The summed E-state index contributed by atoms with van der Waals surface area (Å²) in [5.41, 5.74) is 2.68. The largest absolute Gasteiger partial charge is 0.497 e. The Bertz CT molecular complexity index is 1830. The second-order valence-electron chi connectivity index (χ2n) is 10.6. The first-order valence-electron chi connectivity index (χ1n) is 13.4. The van der Waals surface area contributed by atoms with Gasteiger partial charge in [0, 0.05) is 16.9 Å². The molecular weight excluding hydrogens is 522 g/mol. The highest BCUT2D eigenvalue weighted by Crippen LogP contribution is 2.56. The van der Waals surface area contributed by atoms with Crippen molar-refractivity contribution in [1.82, 2.24) is 0 Å². The molecule has 1 aliphatic carbocycles. The van der Waals surface area contributed by atoms with Crippen LogP contribution in [0.25, 0.3) is 16.3 Å². The number of anilines is 1. The minimum atomic E-state index is -0.938.